The number of carbonyl (C=O) groups is 1. The lowest BCUT2D eigenvalue weighted by Crippen LogP contribution is -2.23. The number of carbonyl (C=O) groups excluding carboxylic acids is 1. The van der Waals surface area contributed by atoms with Crippen LogP contribution in [0.4, 0.5) is 0 Å². The molecule has 0 spiro atoms. The first kappa shape index (κ1) is 14.1. The van der Waals surface area contributed by atoms with Crippen molar-refractivity contribution < 1.29 is 4.79 Å². The molecule has 4 nitrogen and oxygen atoms in total. The first-order valence-electron chi connectivity index (χ1n) is 6.30. The van der Waals surface area contributed by atoms with Gasteiger partial charge in [-0.25, -0.2) is 4.98 Å². The number of H-pyrrole nitrogens is 1. The molecule has 0 radical (unpaired) electrons. The molecule has 2 aromatic carbocycles. The number of nitrogens with one attached hydrogen (secondary N) is 2. The Balaban J connectivity index is 1.73. The van der Waals surface area contributed by atoms with Gasteiger partial charge in [0.2, 0.25) is 0 Å². The number of hydrogen-bond acceptors (Lipinski definition) is 2. The van der Waals surface area contributed by atoms with Crippen LogP contribution in [-0.4, -0.2) is 15.9 Å². The number of halogens is 2. The van der Waals surface area contributed by atoms with Crippen LogP contribution in [0, 0.1) is 0 Å². The van der Waals surface area contributed by atoms with Crippen molar-refractivity contribution in [3.63, 3.8) is 0 Å². The van der Waals surface area contributed by atoms with Crippen molar-refractivity contribution in [2.24, 2.45) is 0 Å². The van der Waals surface area contributed by atoms with E-state index >= 15 is 0 Å². The van der Waals surface area contributed by atoms with E-state index < -0.39 is 0 Å². The molecule has 1 heterocycles. The van der Waals surface area contributed by atoms with Gasteiger partial charge >= 0.3 is 0 Å². The van der Waals surface area contributed by atoms with E-state index in [1.807, 2.05) is 24.3 Å². The number of nitrogens with zero attached hydrogens (tertiary/aromatic N) is 1. The molecule has 0 aliphatic rings. The third kappa shape index (κ3) is 3.09. The monoisotopic (exact) mass is 363 g/mol. The fourth-order valence-corrected chi connectivity index (χ4v) is 2.78. The van der Waals surface area contributed by atoms with Crippen molar-refractivity contribution in [2.75, 3.05) is 0 Å². The molecule has 0 bridgehead atoms. The predicted octanol–water partition coefficient (Wildman–Crippen LogP) is 3.91. The Bertz CT molecular complexity index is 783. The molecule has 0 saturated carbocycles. The van der Waals surface area contributed by atoms with Crippen LogP contribution < -0.4 is 5.32 Å². The number of fused-ring (bicyclic) bond motifs is 1. The molecule has 0 unspecified atom stereocenters. The molecule has 0 aliphatic carbocycles. The van der Waals surface area contributed by atoms with Gasteiger partial charge in [-0.3, -0.25) is 4.79 Å². The lowest BCUT2D eigenvalue weighted by Gasteiger charge is -2.05. The molecule has 0 aliphatic heterocycles. The molecular weight excluding hydrogens is 354 g/mol. The minimum absolute atomic E-state index is 0.229. The summed E-state index contributed by atoms with van der Waals surface area (Å²) in [6, 6.07) is 12.9. The van der Waals surface area contributed by atoms with Crippen LogP contribution in [0.5, 0.6) is 0 Å². The van der Waals surface area contributed by atoms with Crippen LogP contribution in [0.15, 0.2) is 46.9 Å². The van der Waals surface area contributed by atoms with E-state index in [4.69, 9.17) is 11.6 Å². The average molecular weight is 365 g/mol. The maximum Gasteiger partial charge on any atom is 0.253 e. The highest BCUT2D eigenvalue weighted by atomic mass is 79.9. The third-order valence-corrected chi connectivity index (χ3v) is 3.84. The summed E-state index contributed by atoms with van der Waals surface area (Å²) in [6.45, 7) is 0.319. The van der Waals surface area contributed by atoms with Gasteiger partial charge in [0.1, 0.15) is 5.82 Å². The topological polar surface area (TPSA) is 57.8 Å². The third-order valence-electron chi connectivity index (χ3n) is 3.03. The number of benzene rings is 2. The molecule has 3 aromatic rings. The second-order valence-corrected chi connectivity index (χ2v) is 5.83. The highest BCUT2D eigenvalue weighted by molar-refractivity contribution is 9.10. The number of aromatic nitrogens is 2. The zero-order valence-corrected chi connectivity index (χ0v) is 13.2. The summed E-state index contributed by atoms with van der Waals surface area (Å²) in [5.41, 5.74) is 2.27. The number of rotatable bonds is 3. The summed E-state index contributed by atoms with van der Waals surface area (Å²) in [7, 11) is 0. The minimum atomic E-state index is -0.229. The maximum atomic E-state index is 12.1. The largest absolute Gasteiger partial charge is 0.345 e. The van der Waals surface area contributed by atoms with Crippen molar-refractivity contribution >= 4 is 44.5 Å². The summed E-state index contributed by atoms with van der Waals surface area (Å²) in [4.78, 5) is 19.7. The van der Waals surface area contributed by atoms with Gasteiger partial charge in [0.05, 0.1) is 28.2 Å². The summed E-state index contributed by atoms with van der Waals surface area (Å²) < 4.78 is 0.835. The molecular formula is C15H11BrClN3O. The zero-order chi connectivity index (χ0) is 14.8. The molecule has 0 saturated heterocycles. The van der Waals surface area contributed by atoms with E-state index in [0.717, 1.165) is 15.5 Å². The van der Waals surface area contributed by atoms with Crippen molar-refractivity contribution in [3.8, 4) is 0 Å². The molecule has 1 aromatic heterocycles. The normalized spacial score (nSPS) is 10.8. The standard InChI is InChI=1S/C15H11BrClN3O/c16-9-5-6-10(11(17)7-9)15(21)18-8-14-19-12-3-1-2-4-13(12)20-14/h1-7H,8H2,(H,18,21)(H,19,20). The van der Waals surface area contributed by atoms with Gasteiger partial charge in [0.25, 0.3) is 5.91 Å². The molecule has 1 amide bonds. The smallest absolute Gasteiger partial charge is 0.253 e. The van der Waals surface area contributed by atoms with Gasteiger partial charge < -0.3 is 10.3 Å². The molecule has 106 valence electrons. The van der Waals surface area contributed by atoms with Crippen LogP contribution in [0.2, 0.25) is 5.02 Å². The maximum absolute atomic E-state index is 12.1. The van der Waals surface area contributed by atoms with Crippen LogP contribution >= 0.6 is 27.5 Å². The van der Waals surface area contributed by atoms with Gasteiger partial charge in [0.15, 0.2) is 0 Å². The van der Waals surface area contributed by atoms with Crippen molar-refractivity contribution in [1.29, 1.82) is 0 Å². The van der Waals surface area contributed by atoms with Crippen LogP contribution in [-0.2, 0) is 6.54 Å². The quantitative estimate of drug-likeness (QED) is 0.740. The number of aromatic amines is 1. The van der Waals surface area contributed by atoms with E-state index in [1.165, 1.54) is 0 Å². The lowest BCUT2D eigenvalue weighted by molar-refractivity contribution is 0.0950. The van der Waals surface area contributed by atoms with Crippen LogP contribution in [0.3, 0.4) is 0 Å². The first-order chi connectivity index (χ1) is 10.1. The Morgan fingerprint density at radius 1 is 1.29 bits per heavy atom. The fourth-order valence-electron chi connectivity index (χ4n) is 2.02. The van der Waals surface area contributed by atoms with Gasteiger partial charge in [0, 0.05) is 4.47 Å². The molecule has 2 N–H and O–H groups in total. The molecule has 21 heavy (non-hydrogen) atoms. The first-order valence-corrected chi connectivity index (χ1v) is 7.47. The summed E-state index contributed by atoms with van der Waals surface area (Å²) in [6.07, 6.45) is 0. The zero-order valence-electron chi connectivity index (χ0n) is 10.9. The summed E-state index contributed by atoms with van der Waals surface area (Å²) in [5, 5.41) is 3.21. The summed E-state index contributed by atoms with van der Waals surface area (Å²) in [5.74, 6) is 0.478. The highest BCUT2D eigenvalue weighted by Crippen LogP contribution is 2.21. The van der Waals surface area contributed by atoms with E-state index in [-0.39, 0.29) is 5.91 Å². The molecule has 6 heteroatoms. The fraction of sp³-hybridized carbons (Fsp3) is 0.0667. The molecule has 0 atom stereocenters. The van der Waals surface area contributed by atoms with Crippen molar-refractivity contribution in [3.05, 3.63) is 63.3 Å². The van der Waals surface area contributed by atoms with Crippen LogP contribution in [0.25, 0.3) is 11.0 Å². The van der Waals surface area contributed by atoms with E-state index in [0.29, 0.717) is 23.0 Å². The summed E-state index contributed by atoms with van der Waals surface area (Å²) >= 11 is 9.37. The molecule has 0 fully saturated rings. The van der Waals surface area contributed by atoms with E-state index in [2.05, 4.69) is 31.2 Å². The number of amides is 1. The number of imidazole rings is 1. The van der Waals surface area contributed by atoms with Crippen LogP contribution in [0.1, 0.15) is 16.2 Å². The highest BCUT2D eigenvalue weighted by Gasteiger charge is 2.11. The Labute approximate surface area is 134 Å². The second kappa shape index (κ2) is 5.87. The Morgan fingerprint density at radius 3 is 2.86 bits per heavy atom. The van der Waals surface area contributed by atoms with E-state index in [9.17, 15) is 4.79 Å². The van der Waals surface area contributed by atoms with Gasteiger partial charge in [-0.2, -0.15) is 0 Å². The molecule has 3 rings (SSSR count). The number of para-hydroxylation sites is 2. The van der Waals surface area contributed by atoms with Gasteiger partial charge in [-0.15, -0.1) is 0 Å². The van der Waals surface area contributed by atoms with E-state index in [1.54, 1.807) is 18.2 Å². The van der Waals surface area contributed by atoms with Gasteiger partial charge in [-0.1, -0.05) is 39.7 Å². The second-order valence-electron chi connectivity index (χ2n) is 4.51. The minimum Gasteiger partial charge on any atom is -0.345 e. The Kier molecular flexibility index (Phi) is 3.94. The lowest BCUT2D eigenvalue weighted by atomic mass is 10.2. The van der Waals surface area contributed by atoms with Crippen molar-refractivity contribution in [1.82, 2.24) is 15.3 Å². The Morgan fingerprint density at radius 2 is 2.10 bits per heavy atom. The number of hydrogen-bond donors (Lipinski definition) is 2. The SMILES string of the molecule is O=C(NCc1nc2ccccc2[nH]1)c1ccc(Br)cc1Cl. The van der Waals surface area contributed by atoms with Gasteiger partial charge in [-0.05, 0) is 30.3 Å². The Hall–Kier alpha value is -1.85. The predicted molar refractivity (Wildman–Crippen MR) is 86.4 cm³/mol. The van der Waals surface area contributed by atoms with Crippen molar-refractivity contribution in [2.45, 2.75) is 6.54 Å². The average Bonchev–Trinajstić information content (AvgIpc) is 2.87.